The molecular formula is C4H6ClFN2O. The van der Waals surface area contributed by atoms with Crippen molar-refractivity contribution in [3.05, 3.63) is 17.7 Å². The molecule has 0 saturated carbocycles. The average Bonchev–Trinajstić information content (AvgIpc) is 2.14. The van der Waals surface area contributed by atoms with E-state index in [1.54, 1.807) is 0 Å². The van der Waals surface area contributed by atoms with E-state index in [1.807, 2.05) is 0 Å². The average molecular weight is 153 g/mol. The summed E-state index contributed by atoms with van der Waals surface area (Å²) in [6.45, 7) is -0.328. The van der Waals surface area contributed by atoms with Gasteiger partial charge >= 0.3 is 0 Å². The molecule has 0 radical (unpaired) electrons. The first-order valence-electron chi connectivity index (χ1n) is 2.13. The van der Waals surface area contributed by atoms with Crippen LogP contribution in [0, 0.1) is 5.82 Å². The van der Waals surface area contributed by atoms with Crippen LogP contribution in [0.25, 0.3) is 0 Å². The minimum Gasteiger partial charge on any atom is -0.390 e. The zero-order chi connectivity index (χ0) is 5.98. The molecule has 0 aliphatic heterocycles. The minimum atomic E-state index is -0.493. The van der Waals surface area contributed by atoms with Crippen LogP contribution in [0.5, 0.6) is 0 Å². The summed E-state index contributed by atoms with van der Waals surface area (Å²) in [5, 5.41) is 13.9. The van der Waals surface area contributed by atoms with Gasteiger partial charge in [0.25, 0.3) is 0 Å². The Morgan fingerprint density at radius 1 is 1.78 bits per heavy atom. The molecule has 1 aromatic rings. The number of rotatable bonds is 1. The number of H-pyrrole nitrogens is 1. The van der Waals surface area contributed by atoms with Crippen molar-refractivity contribution in [1.82, 2.24) is 10.2 Å². The lowest BCUT2D eigenvalue weighted by atomic mass is 10.4. The number of aromatic nitrogens is 2. The van der Waals surface area contributed by atoms with Crippen LogP contribution in [0.15, 0.2) is 6.20 Å². The van der Waals surface area contributed by atoms with Gasteiger partial charge in [-0.1, -0.05) is 0 Å². The second-order valence-corrected chi connectivity index (χ2v) is 1.35. The predicted octanol–water partition coefficient (Wildman–Crippen LogP) is 0.463. The van der Waals surface area contributed by atoms with E-state index in [0.29, 0.717) is 0 Å². The summed E-state index contributed by atoms with van der Waals surface area (Å²) in [6, 6.07) is 0. The first kappa shape index (κ1) is 8.39. The summed E-state index contributed by atoms with van der Waals surface area (Å²) >= 11 is 0. The van der Waals surface area contributed by atoms with E-state index in [2.05, 4.69) is 10.2 Å². The number of halogens is 2. The summed E-state index contributed by atoms with van der Waals surface area (Å²) in [7, 11) is 0. The zero-order valence-electron chi connectivity index (χ0n) is 4.47. The lowest BCUT2D eigenvalue weighted by Gasteiger charge is -1.83. The molecule has 0 bridgehead atoms. The van der Waals surface area contributed by atoms with Crippen LogP contribution in [-0.4, -0.2) is 15.3 Å². The summed E-state index contributed by atoms with van der Waals surface area (Å²) in [5.74, 6) is -0.493. The second kappa shape index (κ2) is 3.42. The molecule has 0 saturated heterocycles. The van der Waals surface area contributed by atoms with Crippen molar-refractivity contribution in [2.45, 2.75) is 6.61 Å². The molecule has 0 unspecified atom stereocenters. The highest BCUT2D eigenvalue weighted by molar-refractivity contribution is 5.85. The Morgan fingerprint density at radius 2 is 2.44 bits per heavy atom. The maximum Gasteiger partial charge on any atom is 0.166 e. The van der Waals surface area contributed by atoms with Gasteiger partial charge in [0.05, 0.1) is 18.5 Å². The lowest BCUT2D eigenvalue weighted by Crippen LogP contribution is -1.84. The lowest BCUT2D eigenvalue weighted by molar-refractivity contribution is 0.271. The van der Waals surface area contributed by atoms with Crippen LogP contribution in [-0.2, 0) is 6.61 Å². The molecule has 3 nitrogen and oxygen atoms in total. The molecule has 0 amide bonds. The molecule has 0 atom stereocenters. The van der Waals surface area contributed by atoms with Crippen LogP contribution >= 0.6 is 12.4 Å². The van der Waals surface area contributed by atoms with E-state index < -0.39 is 5.82 Å². The normalized spacial score (nSPS) is 8.67. The van der Waals surface area contributed by atoms with Gasteiger partial charge < -0.3 is 5.11 Å². The number of hydrogen-bond acceptors (Lipinski definition) is 2. The van der Waals surface area contributed by atoms with Crippen LogP contribution in [0.4, 0.5) is 4.39 Å². The highest BCUT2D eigenvalue weighted by atomic mass is 35.5. The van der Waals surface area contributed by atoms with Crippen molar-refractivity contribution < 1.29 is 9.50 Å². The van der Waals surface area contributed by atoms with Crippen LogP contribution < -0.4 is 0 Å². The van der Waals surface area contributed by atoms with Gasteiger partial charge in [0.2, 0.25) is 0 Å². The van der Waals surface area contributed by atoms with E-state index in [4.69, 9.17) is 5.11 Å². The van der Waals surface area contributed by atoms with Crippen molar-refractivity contribution >= 4 is 12.4 Å². The van der Waals surface area contributed by atoms with Gasteiger partial charge in [0, 0.05) is 0 Å². The van der Waals surface area contributed by atoms with Gasteiger partial charge in [0.15, 0.2) is 5.82 Å². The van der Waals surface area contributed by atoms with Gasteiger partial charge in [-0.05, 0) is 0 Å². The molecule has 0 aliphatic carbocycles. The molecule has 1 aromatic heterocycles. The van der Waals surface area contributed by atoms with Crippen LogP contribution in [0.2, 0.25) is 0 Å². The van der Waals surface area contributed by atoms with Crippen molar-refractivity contribution in [2.24, 2.45) is 0 Å². The standard InChI is InChI=1S/C4H5FN2O.ClH/c5-3-1-6-7-4(3)2-8;/h1,8H,2H2,(H,6,7);1H. The SMILES string of the molecule is Cl.OCc1[nH]ncc1F. The van der Waals surface area contributed by atoms with Gasteiger partial charge in [0.1, 0.15) is 0 Å². The Hall–Kier alpha value is -0.610. The first-order valence-corrected chi connectivity index (χ1v) is 2.13. The Kier molecular flexibility index (Phi) is 3.19. The number of aliphatic hydroxyl groups is 1. The van der Waals surface area contributed by atoms with E-state index in [-0.39, 0.29) is 24.7 Å². The van der Waals surface area contributed by atoms with Gasteiger partial charge in [-0.15, -0.1) is 12.4 Å². The monoisotopic (exact) mass is 152 g/mol. The molecule has 0 aliphatic rings. The molecule has 2 N–H and O–H groups in total. The first-order chi connectivity index (χ1) is 3.84. The van der Waals surface area contributed by atoms with Crippen LogP contribution in [0.3, 0.4) is 0 Å². The molecule has 9 heavy (non-hydrogen) atoms. The van der Waals surface area contributed by atoms with Crippen molar-refractivity contribution in [2.75, 3.05) is 0 Å². The highest BCUT2D eigenvalue weighted by Crippen LogP contribution is 1.98. The third-order valence-corrected chi connectivity index (χ3v) is 0.824. The summed E-state index contributed by atoms with van der Waals surface area (Å²) in [6.07, 6.45) is 1.02. The predicted molar refractivity (Wildman–Crippen MR) is 31.7 cm³/mol. The van der Waals surface area contributed by atoms with Gasteiger partial charge in [-0.3, -0.25) is 5.10 Å². The van der Waals surface area contributed by atoms with E-state index in [9.17, 15) is 4.39 Å². The van der Waals surface area contributed by atoms with Crippen molar-refractivity contribution in [3.63, 3.8) is 0 Å². The number of hydrogen-bond donors (Lipinski definition) is 2. The zero-order valence-corrected chi connectivity index (χ0v) is 5.28. The number of nitrogens with one attached hydrogen (secondary N) is 1. The minimum absolute atomic E-state index is 0. The third kappa shape index (κ3) is 1.65. The Morgan fingerprint density at radius 3 is 2.67 bits per heavy atom. The van der Waals surface area contributed by atoms with E-state index in [1.165, 1.54) is 0 Å². The Bertz CT molecular complexity index is 179. The highest BCUT2D eigenvalue weighted by Gasteiger charge is 1.98. The molecule has 0 fully saturated rings. The maximum absolute atomic E-state index is 12.1. The van der Waals surface area contributed by atoms with E-state index in [0.717, 1.165) is 6.20 Å². The molecule has 1 rings (SSSR count). The summed E-state index contributed by atoms with van der Waals surface area (Å²) in [4.78, 5) is 0. The summed E-state index contributed by atoms with van der Waals surface area (Å²) < 4.78 is 12.1. The Balaban J connectivity index is 0.000000640. The molecule has 52 valence electrons. The smallest absolute Gasteiger partial charge is 0.166 e. The molecule has 1 heterocycles. The van der Waals surface area contributed by atoms with Crippen molar-refractivity contribution in [3.8, 4) is 0 Å². The topological polar surface area (TPSA) is 48.9 Å². The van der Waals surface area contributed by atoms with E-state index >= 15 is 0 Å². The van der Waals surface area contributed by atoms with Gasteiger partial charge in [-0.25, -0.2) is 4.39 Å². The van der Waals surface area contributed by atoms with Crippen LogP contribution in [0.1, 0.15) is 5.69 Å². The van der Waals surface area contributed by atoms with Crippen molar-refractivity contribution in [1.29, 1.82) is 0 Å². The largest absolute Gasteiger partial charge is 0.390 e. The van der Waals surface area contributed by atoms with Gasteiger partial charge in [-0.2, -0.15) is 5.10 Å². The number of nitrogens with zero attached hydrogens (tertiary/aromatic N) is 1. The molecular weight excluding hydrogens is 147 g/mol. The third-order valence-electron chi connectivity index (χ3n) is 0.824. The fourth-order valence-electron chi connectivity index (χ4n) is 0.409. The fourth-order valence-corrected chi connectivity index (χ4v) is 0.409. The number of aliphatic hydroxyl groups excluding tert-OH is 1. The molecule has 0 spiro atoms. The maximum atomic E-state index is 12.1. The number of aromatic amines is 1. The molecule has 0 aromatic carbocycles. The molecule has 5 heteroatoms. The quantitative estimate of drug-likeness (QED) is 0.615. The Labute approximate surface area is 57.3 Å². The fraction of sp³-hybridized carbons (Fsp3) is 0.250. The summed E-state index contributed by atoms with van der Waals surface area (Å²) in [5.41, 5.74) is 0.130. The second-order valence-electron chi connectivity index (χ2n) is 1.35.